The van der Waals surface area contributed by atoms with Crippen LogP contribution >= 0.6 is 15.9 Å². The highest BCUT2D eigenvalue weighted by Crippen LogP contribution is 2.20. The molecule has 0 saturated heterocycles. The molecule has 16 heavy (non-hydrogen) atoms. The molecule has 1 aromatic carbocycles. The Balaban J connectivity index is 2.49. The molecule has 3 nitrogen and oxygen atoms in total. The minimum atomic E-state index is 0.0147. The van der Waals surface area contributed by atoms with Crippen LogP contribution < -0.4 is 5.73 Å². The van der Waals surface area contributed by atoms with Gasteiger partial charge in [-0.05, 0) is 32.0 Å². The second kappa shape index (κ2) is 4.39. The van der Waals surface area contributed by atoms with Crippen LogP contribution in [0.5, 0.6) is 0 Å². The SMILES string of the molecule is Cc1c(C(C)N)cnn1-c1cccc(Br)c1. The van der Waals surface area contributed by atoms with Crippen LogP contribution in [0.3, 0.4) is 0 Å². The molecule has 84 valence electrons. The zero-order chi connectivity index (χ0) is 11.7. The molecular formula is C12H14BrN3. The van der Waals surface area contributed by atoms with Crippen molar-refractivity contribution in [3.05, 3.63) is 46.2 Å². The Bertz CT molecular complexity index is 503. The van der Waals surface area contributed by atoms with Gasteiger partial charge < -0.3 is 5.73 Å². The van der Waals surface area contributed by atoms with Crippen LogP contribution in [0.4, 0.5) is 0 Å². The lowest BCUT2D eigenvalue weighted by molar-refractivity contribution is 0.796. The van der Waals surface area contributed by atoms with Gasteiger partial charge in [0, 0.05) is 21.8 Å². The van der Waals surface area contributed by atoms with Crippen molar-refractivity contribution in [3.8, 4) is 5.69 Å². The van der Waals surface area contributed by atoms with Gasteiger partial charge >= 0.3 is 0 Å². The molecule has 0 fully saturated rings. The van der Waals surface area contributed by atoms with E-state index in [9.17, 15) is 0 Å². The molecular weight excluding hydrogens is 266 g/mol. The largest absolute Gasteiger partial charge is 0.324 e. The highest BCUT2D eigenvalue weighted by Gasteiger charge is 2.10. The highest BCUT2D eigenvalue weighted by molar-refractivity contribution is 9.10. The average molecular weight is 280 g/mol. The first-order valence-corrected chi connectivity index (χ1v) is 5.95. The Morgan fingerprint density at radius 1 is 1.44 bits per heavy atom. The molecule has 0 radical (unpaired) electrons. The molecule has 0 bridgehead atoms. The van der Waals surface area contributed by atoms with Crippen molar-refractivity contribution in [1.82, 2.24) is 9.78 Å². The van der Waals surface area contributed by atoms with Gasteiger partial charge in [0.25, 0.3) is 0 Å². The summed E-state index contributed by atoms with van der Waals surface area (Å²) in [5.74, 6) is 0. The molecule has 0 saturated carbocycles. The molecule has 1 atom stereocenters. The van der Waals surface area contributed by atoms with E-state index in [0.29, 0.717) is 0 Å². The summed E-state index contributed by atoms with van der Waals surface area (Å²) < 4.78 is 2.95. The van der Waals surface area contributed by atoms with Crippen LogP contribution in [-0.2, 0) is 0 Å². The maximum atomic E-state index is 5.87. The molecule has 0 amide bonds. The molecule has 0 spiro atoms. The van der Waals surface area contributed by atoms with Gasteiger partial charge in [-0.15, -0.1) is 0 Å². The summed E-state index contributed by atoms with van der Waals surface area (Å²) in [4.78, 5) is 0. The first-order chi connectivity index (χ1) is 7.59. The number of hydrogen-bond acceptors (Lipinski definition) is 2. The highest BCUT2D eigenvalue weighted by atomic mass is 79.9. The van der Waals surface area contributed by atoms with Gasteiger partial charge in [-0.3, -0.25) is 0 Å². The Labute approximate surface area is 103 Å². The van der Waals surface area contributed by atoms with Crippen molar-refractivity contribution < 1.29 is 0 Å². The molecule has 0 aliphatic heterocycles. The van der Waals surface area contributed by atoms with Crippen molar-refractivity contribution in [3.63, 3.8) is 0 Å². The summed E-state index contributed by atoms with van der Waals surface area (Å²) in [6.45, 7) is 4.00. The van der Waals surface area contributed by atoms with Gasteiger partial charge in [0.2, 0.25) is 0 Å². The number of nitrogens with zero attached hydrogens (tertiary/aromatic N) is 2. The van der Waals surface area contributed by atoms with Crippen molar-refractivity contribution in [2.45, 2.75) is 19.9 Å². The quantitative estimate of drug-likeness (QED) is 0.919. The Hall–Kier alpha value is -1.13. The predicted molar refractivity (Wildman–Crippen MR) is 68.6 cm³/mol. The number of hydrogen-bond donors (Lipinski definition) is 1. The summed E-state index contributed by atoms with van der Waals surface area (Å²) in [6.07, 6.45) is 1.83. The maximum Gasteiger partial charge on any atom is 0.0660 e. The van der Waals surface area contributed by atoms with E-state index in [0.717, 1.165) is 21.4 Å². The number of rotatable bonds is 2. The van der Waals surface area contributed by atoms with Crippen molar-refractivity contribution >= 4 is 15.9 Å². The van der Waals surface area contributed by atoms with Crippen LogP contribution in [0, 0.1) is 6.92 Å². The van der Waals surface area contributed by atoms with Crippen LogP contribution in [0.15, 0.2) is 34.9 Å². The van der Waals surface area contributed by atoms with E-state index in [4.69, 9.17) is 5.73 Å². The minimum Gasteiger partial charge on any atom is -0.324 e. The lowest BCUT2D eigenvalue weighted by atomic mass is 10.1. The summed E-state index contributed by atoms with van der Waals surface area (Å²) in [6, 6.07) is 8.06. The zero-order valence-electron chi connectivity index (χ0n) is 9.31. The van der Waals surface area contributed by atoms with Crippen LogP contribution in [0.1, 0.15) is 24.2 Å². The molecule has 1 aromatic heterocycles. The van der Waals surface area contributed by atoms with Gasteiger partial charge in [0.05, 0.1) is 11.9 Å². The third-order valence-electron chi connectivity index (χ3n) is 2.59. The Kier molecular flexibility index (Phi) is 3.12. The van der Waals surface area contributed by atoms with E-state index in [-0.39, 0.29) is 6.04 Å². The van der Waals surface area contributed by atoms with E-state index in [2.05, 4.69) is 21.0 Å². The zero-order valence-corrected chi connectivity index (χ0v) is 10.9. The van der Waals surface area contributed by atoms with Gasteiger partial charge in [-0.2, -0.15) is 5.10 Å². The summed E-state index contributed by atoms with van der Waals surface area (Å²) in [5, 5.41) is 4.36. The van der Waals surface area contributed by atoms with E-state index in [1.165, 1.54) is 0 Å². The summed E-state index contributed by atoms with van der Waals surface area (Å²) in [7, 11) is 0. The van der Waals surface area contributed by atoms with Crippen molar-refractivity contribution in [2.24, 2.45) is 5.73 Å². The second-order valence-corrected chi connectivity index (χ2v) is 4.78. The number of benzene rings is 1. The fourth-order valence-corrected chi connectivity index (χ4v) is 2.12. The first kappa shape index (κ1) is 11.4. The van der Waals surface area contributed by atoms with Crippen molar-refractivity contribution in [2.75, 3.05) is 0 Å². The molecule has 0 aliphatic carbocycles. The van der Waals surface area contributed by atoms with E-state index < -0.39 is 0 Å². The fraction of sp³-hybridized carbons (Fsp3) is 0.250. The maximum absolute atomic E-state index is 5.87. The molecule has 0 aliphatic rings. The van der Waals surface area contributed by atoms with Crippen LogP contribution in [-0.4, -0.2) is 9.78 Å². The molecule has 2 aromatic rings. The monoisotopic (exact) mass is 279 g/mol. The fourth-order valence-electron chi connectivity index (χ4n) is 1.74. The minimum absolute atomic E-state index is 0.0147. The number of nitrogens with two attached hydrogens (primary N) is 1. The topological polar surface area (TPSA) is 43.8 Å². The first-order valence-electron chi connectivity index (χ1n) is 5.15. The average Bonchev–Trinajstić information content (AvgIpc) is 2.60. The molecule has 1 heterocycles. The van der Waals surface area contributed by atoms with Crippen molar-refractivity contribution in [1.29, 1.82) is 0 Å². The molecule has 1 unspecified atom stereocenters. The van der Waals surface area contributed by atoms with Crippen LogP contribution in [0.2, 0.25) is 0 Å². The molecule has 4 heteroatoms. The predicted octanol–water partition coefficient (Wildman–Crippen LogP) is 2.96. The van der Waals surface area contributed by atoms with E-state index in [1.54, 1.807) is 0 Å². The normalized spacial score (nSPS) is 12.8. The Morgan fingerprint density at radius 2 is 2.19 bits per heavy atom. The Morgan fingerprint density at radius 3 is 2.75 bits per heavy atom. The van der Waals surface area contributed by atoms with Gasteiger partial charge in [-0.25, -0.2) is 4.68 Å². The van der Waals surface area contributed by atoms with Gasteiger partial charge in [0.15, 0.2) is 0 Å². The third kappa shape index (κ3) is 2.03. The van der Waals surface area contributed by atoms with Gasteiger partial charge in [-0.1, -0.05) is 22.0 Å². The lowest BCUT2D eigenvalue weighted by Crippen LogP contribution is -2.07. The molecule has 2 rings (SSSR count). The third-order valence-corrected chi connectivity index (χ3v) is 3.08. The summed E-state index contributed by atoms with van der Waals surface area (Å²) >= 11 is 3.45. The standard InChI is InChI=1S/C12H14BrN3/c1-8(14)12-7-15-16(9(12)2)11-5-3-4-10(13)6-11/h3-8H,14H2,1-2H3. The number of halogens is 1. The lowest BCUT2D eigenvalue weighted by Gasteiger charge is -2.07. The van der Waals surface area contributed by atoms with E-state index >= 15 is 0 Å². The van der Waals surface area contributed by atoms with Crippen LogP contribution in [0.25, 0.3) is 5.69 Å². The van der Waals surface area contributed by atoms with E-state index in [1.807, 2.05) is 49.0 Å². The second-order valence-electron chi connectivity index (χ2n) is 3.87. The number of aromatic nitrogens is 2. The van der Waals surface area contributed by atoms with Gasteiger partial charge in [0.1, 0.15) is 0 Å². The smallest absolute Gasteiger partial charge is 0.0660 e. The summed E-state index contributed by atoms with van der Waals surface area (Å²) in [5.41, 5.74) is 9.09. The molecule has 2 N–H and O–H groups in total.